The first-order valence-electron chi connectivity index (χ1n) is 5.83. The van der Waals surface area contributed by atoms with Crippen molar-refractivity contribution >= 4 is 23.9 Å². The first kappa shape index (κ1) is 11.4. The van der Waals surface area contributed by atoms with E-state index in [1.807, 2.05) is 4.57 Å². The van der Waals surface area contributed by atoms with Gasteiger partial charge in [0, 0.05) is 13.1 Å². The van der Waals surface area contributed by atoms with E-state index in [1.165, 1.54) is 6.07 Å². The normalized spacial score (nSPS) is 14.8. The Hall–Kier alpha value is -1.69. The maximum absolute atomic E-state index is 13.8. The molecule has 0 bridgehead atoms. The largest absolute Gasteiger partial charge is 0.311 e. The molecule has 1 aliphatic rings. The van der Waals surface area contributed by atoms with Crippen LogP contribution in [-0.2, 0) is 0 Å². The predicted molar refractivity (Wildman–Crippen MR) is 70.1 cm³/mol. The lowest BCUT2D eigenvalue weighted by Crippen LogP contribution is -2.16. The van der Waals surface area contributed by atoms with E-state index >= 15 is 0 Å². The fraction of sp³-hybridized carbons (Fsp3) is 0.333. The van der Waals surface area contributed by atoms with Crippen LogP contribution in [0.4, 0.5) is 16.0 Å². The van der Waals surface area contributed by atoms with E-state index in [1.54, 1.807) is 30.1 Å². The van der Waals surface area contributed by atoms with E-state index in [-0.39, 0.29) is 5.82 Å². The first-order chi connectivity index (χ1) is 8.68. The van der Waals surface area contributed by atoms with Gasteiger partial charge < -0.3 is 4.90 Å². The average Bonchev–Trinajstić information content (AvgIpc) is 3.12. The van der Waals surface area contributed by atoms with Crippen LogP contribution in [-0.4, -0.2) is 21.8 Å². The third kappa shape index (κ3) is 1.82. The van der Waals surface area contributed by atoms with Gasteiger partial charge in [0.1, 0.15) is 5.82 Å². The summed E-state index contributed by atoms with van der Waals surface area (Å²) in [6.07, 6.45) is 2.21. The second kappa shape index (κ2) is 4.20. The van der Waals surface area contributed by atoms with Gasteiger partial charge in [0.25, 0.3) is 0 Å². The number of anilines is 2. The molecule has 0 unspecified atom stereocenters. The van der Waals surface area contributed by atoms with Crippen molar-refractivity contribution in [1.82, 2.24) is 14.8 Å². The van der Waals surface area contributed by atoms with Crippen molar-refractivity contribution in [3.05, 3.63) is 34.9 Å². The van der Waals surface area contributed by atoms with Crippen molar-refractivity contribution < 1.29 is 4.39 Å². The standard InChI is InChI=1S/C12H13FN4S/c1-16(10-5-3-2-4-9(10)13)11-14-15-12(18)17(11)8-6-7-8/h2-5,8H,6-7H2,1H3,(H,15,18). The molecule has 1 N–H and O–H groups in total. The molecule has 6 heteroatoms. The maximum Gasteiger partial charge on any atom is 0.230 e. The Kier molecular flexibility index (Phi) is 2.66. The van der Waals surface area contributed by atoms with Gasteiger partial charge in [-0.2, -0.15) is 0 Å². The monoisotopic (exact) mass is 264 g/mol. The maximum atomic E-state index is 13.8. The van der Waals surface area contributed by atoms with Crippen LogP contribution in [0.1, 0.15) is 18.9 Å². The zero-order valence-corrected chi connectivity index (χ0v) is 10.7. The lowest BCUT2D eigenvalue weighted by Gasteiger charge is -2.19. The Balaban J connectivity index is 2.05. The molecular weight excluding hydrogens is 251 g/mol. The molecule has 2 aromatic rings. The molecule has 4 nitrogen and oxygen atoms in total. The van der Waals surface area contributed by atoms with E-state index in [9.17, 15) is 4.39 Å². The summed E-state index contributed by atoms with van der Waals surface area (Å²) in [6, 6.07) is 7.04. The minimum Gasteiger partial charge on any atom is -0.311 e. The van der Waals surface area contributed by atoms with Gasteiger partial charge in [0.05, 0.1) is 5.69 Å². The van der Waals surface area contributed by atoms with Crippen LogP contribution in [0.5, 0.6) is 0 Å². The van der Waals surface area contributed by atoms with Gasteiger partial charge in [-0.25, -0.2) is 9.49 Å². The molecule has 0 saturated heterocycles. The number of nitrogens with one attached hydrogen (secondary N) is 1. The zero-order valence-electron chi connectivity index (χ0n) is 9.93. The Morgan fingerprint density at radius 1 is 1.44 bits per heavy atom. The quantitative estimate of drug-likeness (QED) is 0.865. The minimum atomic E-state index is -0.267. The van der Waals surface area contributed by atoms with Gasteiger partial charge in [-0.1, -0.05) is 12.1 Å². The van der Waals surface area contributed by atoms with Crippen molar-refractivity contribution in [2.24, 2.45) is 0 Å². The smallest absolute Gasteiger partial charge is 0.230 e. The molecule has 1 aromatic heterocycles. The Bertz CT molecular complexity index is 629. The fourth-order valence-electron chi connectivity index (χ4n) is 2.03. The molecule has 3 rings (SSSR count). The Labute approximate surface area is 109 Å². The van der Waals surface area contributed by atoms with Gasteiger partial charge in [0.2, 0.25) is 5.95 Å². The number of aromatic amines is 1. The van der Waals surface area contributed by atoms with Gasteiger partial charge in [0.15, 0.2) is 4.77 Å². The van der Waals surface area contributed by atoms with Crippen molar-refractivity contribution in [2.45, 2.75) is 18.9 Å². The highest BCUT2D eigenvalue weighted by Crippen LogP contribution is 2.38. The van der Waals surface area contributed by atoms with Crippen LogP contribution in [0.15, 0.2) is 24.3 Å². The van der Waals surface area contributed by atoms with Crippen molar-refractivity contribution in [3.8, 4) is 0 Å². The van der Waals surface area contributed by atoms with Gasteiger partial charge in [-0.3, -0.25) is 4.57 Å². The summed E-state index contributed by atoms with van der Waals surface area (Å²) >= 11 is 5.22. The van der Waals surface area contributed by atoms with Crippen molar-refractivity contribution in [3.63, 3.8) is 0 Å². The molecule has 0 spiro atoms. The van der Waals surface area contributed by atoms with Gasteiger partial charge in [-0.05, 0) is 37.2 Å². The second-order valence-corrected chi connectivity index (χ2v) is 4.83. The molecule has 0 aliphatic heterocycles. The van der Waals surface area contributed by atoms with E-state index in [2.05, 4.69) is 10.2 Å². The number of rotatable bonds is 3. The number of para-hydroxylation sites is 1. The molecular formula is C12H13FN4S. The molecule has 0 atom stereocenters. The van der Waals surface area contributed by atoms with Crippen LogP contribution in [0.25, 0.3) is 0 Å². The molecule has 18 heavy (non-hydrogen) atoms. The highest BCUT2D eigenvalue weighted by molar-refractivity contribution is 7.71. The summed E-state index contributed by atoms with van der Waals surface area (Å²) in [5.74, 6) is 0.392. The van der Waals surface area contributed by atoms with E-state index < -0.39 is 0 Å². The number of nitrogens with zero attached hydrogens (tertiary/aromatic N) is 3. The van der Waals surface area contributed by atoms with Crippen molar-refractivity contribution in [2.75, 3.05) is 11.9 Å². The van der Waals surface area contributed by atoms with Gasteiger partial charge in [-0.15, -0.1) is 5.10 Å². The third-order valence-electron chi connectivity index (χ3n) is 3.11. The topological polar surface area (TPSA) is 36.9 Å². The second-order valence-electron chi connectivity index (χ2n) is 4.44. The molecule has 1 fully saturated rings. The zero-order chi connectivity index (χ0) is 12.7. The average molecular weight is 264 g/mol. The highest BCUT2D eigenvalue weighted by Gasteiger charge is 2.29. The molecule has 1 aromatic carbocycles. The van der Waals surface area contributed by atoms with Gasteiger partial charge >= 0.3 is 0 Å². The summed E-state index contributed by atoms with van der Waals surface area (Å²) in [7, 11) is 1.79. The SMILES string of the molecule is CN(c1ccccc1F)c1n[nH]c(=S)n1C1CC1. The lowest BCUT2D eigenvalue weighted by molar-refractivity contribution is 0.624. The number of hydrogen-bond donors (Lipinski definition) is 1. The number of hydrogen-bond acceptors (Lipinski definition) is 3. The number of benzene rings is 1. The summed E-state index contributed by atoms with van der Waals surface area (Å²) in [5, 5.41) is 6.98. The summed E-state index contributed by atoms with van der Waals surface area (Å²) in [5.41, 5.74) is 0.494. The highest BCUT2D eigenvalue weighted by atomic mass is 32.1. The van der Waals surface area contributed by atoms with E-state index in [0.717, 1.165) is 12.8 Å². The summed E-state index contributed by atoms with van der Waals surface area (Å²) in [6.45, 7) is 0. The van der Waals surface area contributed by atoms with Crippen LogP contribution in [0, 0.1) is 10.6 Å². The van der Waals surface area contributed by atoms with Crippen LogP contribution in [0.3, 0.4) is 0 Å². The molecule has 1 aliphatic carbocycles. The van der Waals surface area contributed by atoms with Crippen LogP contribution >= 0.6 is 12.2 Å². The van der Waals surface area contributed by atoms with E-state index in [4.69, 9.17) is 12.2 Å². The molecule has 94 valence electrons. The number of halogens is 1. The number of H-pyrrole nitrogens is 1. The molecule has 0 amide bonds. The number of aromatic nitrogens is 3. The van der Waals surface area contributed by atoms with Crippen LogP contribution in [0.2, 0.25) is 0 Å². The Morgan fingerprint density at radius 3 is 2.83 bits per heavy atom. The van der Waals surface area contributed by atoms with E-state index in [0.29, 0.717) is 22.4 Å². The summed E-state index contributed by atoms with van der Waals surface area (Å²) in [4.78, 5) is 1.72. The molecule has 0 radical (unpaired) electrons. The first-order valence-corrected chi connectivity index (χ1v) is 6.24. The Morgan fingerprint density at radius 2 is 2.17 bits per heavy atom. The molecule has 1 heterocycles. The molecule has 1 saturated carbocycles. The minimum absolute atomic E-state index is 0.267. The summed E-state index contributed by atoms with van der Waals surface area (Å²) < 4.78 is 16.3. The van der Waals surface area contributed by atoms with Crippen molar-refractivity contribution in [1.29, 1.82) is 0 Å². The predicted octanol–water partition coefficient (Wildman–Crippen LogP) is 3.18. The third-order valence-corrected chi connectivity index (χ3v) is 3.40. The van der Waals surface area contributed by atoms with Crippen LogP contribution < -0.4 is 4.90 Å². The fourth-order valence-corrected chi connectivity index (χ4v) is 2.30. The lowest BCUT2D eigenvalue weighted by atomic mass is 10.3.